The quantitative estimate of drug-likeness (QED) is 0.365. The summed E-state index contributed by atoms with van der Waals surface area (Å²) in [5.41, 5.74) is 0. The highest BCUT2D eigenvalue weighted by Crippen LogP contribution is 2.30. The molecule has 0 radical (unpaired) electrons. The second-order valence-corrected chi connectivity index (χ2v) is 2.93. The van der Waals surface area contributed by atoms with Gasteiger partial charge in [0.15, 0.2) is 12.3 Å². The molecule has 0 saturated heterocycles. The summed E-state index contributed by atoms with van der Waals surface area (Å²) < 4.78 is 50.4. The highest BCUT2D eigenvalue weighted by molar-refractivity contribution is 4.93. The number of halogens is 4. The standard InChI is InChI=1S/C6H7F4NO2/c7-2-1-3(8)6(11(12)13)5(10)4(2)9/h2-6H,1H2. The van der Waals surface area contributed by atoms with E-state index in [0.717, 1.165) is 0 Å². The normalized spacial score (nSPS) is 46.0. The third kappa shape index (κ3) is 1.73. The summed E-state index contributed by atoms with van der Waals surface area (Å²) >= 11 is 0. The van der Waals surface area contributed by atoms with Gasteiger partial charge in [-0.15, -0.1) is 0 Å². The maximum absolute atomic E-state index is 12.7. The fourth-order valence-electron chi connectivity index (χ4n) is 1.32. The molecule has 1 aliphatic rings. The molecule has 1 aliphatic carbocycles. The number of alkyl halides is 4. The smallest absolute Gasteiger partial charge is 0.264 e. The lowest BCUT2D eigenvalue weighted by Crippen LogP contribution is -2.52. The molecule has 0 aromatic heterocycles. The highest BCUT2D eigenvalue weighted by atomic mass is 19.2. The lowest BCUT2D eigenvalue weighted by molar-refractivity contribution is -0.545. The molecule has 0 amide bonds. The van der Waals surface area contributed by atoms with E-state index < -0.39 is 42.1 Å². The highest BCUT2D eigenvalue weighted by Gasteiger charge is 2.53. The number of hydrogen-bond donors (Lipinski definition) is 0. The van der Waals surface area contributed by atoms with Gasteiger partial charge in [0.1, 0.15) is 6.17 Å². The predicted molar refractivity (Wildman–Crippen MR) is 35.0 cm³/mol. The van der Waals surface area contributed by atoms with Crippen LogP contribution < -0.4 is 0 Å². The second-order valence-electron chi connectivity index (χ2n) is 2.93. The summed E-state index contributed by atoms with van der Waals surface area (Å²) in [4.78, 5) is 8.82. The van der Waals surface area contributed by atoms with E-state index in [9.17, 15) is 27.7 Å². The Morgan fingerprint density at radius 1 is 1.08 bits per heavy atom. The molecule has 1 fully saturated rings. The Morgan fingerprint density at radius 2 is 1.62 bits per heavy atom. The van der Waals surface area contributed by atoms with Crippen LogP contribution in [0.4, 0.5) is 17.6 Å². The molecule has 3 nitrogen and oxygen atoms in total. The molecule has 7 heteroatoms. The minimum atomic E-state index is -2.70. The van der Waals surface area contributed by atoms with Crippen molar-refractivity contribution >= 4 is 0 Å². The summed E-state index contributed by atoms with van der Waals surface area (Å²) in [7, 11) is 0. The van der Waals surface area contributed by atoms with E-state index in [0.29, 0.717) is 0 Å². The molecular formula is C6H7F4NO2. The van der Waals surface area contributed by atoms with Crippen LogP contribution in [0.5, 0.6) is 0 Å². The van der Waals surface area contributed by atoms with Crippen molar-refractivity contribution in [1.82, 2.24) is 0 Å². The fraction of sp³-hybridized carbons (Fsp3) is 1.00. The first-order valence-electron chi connectivity index (χ1n) is 3.65. The van der Waals surface area contributed by atoms with E-state index in [2.05, 4.69) is 0 Å². The van der Waals surface area contributed by atoms with Gasteiger partial charge in [-0.05, 0) is 0 Å². The minimum absolute atomic E-state index is 0.951. The molecule has 0 spiro atoms. The van der Waals surface area contributed by atoms with Crippen LogP contribution in [-0.2, 0) is 0 Å². The van der Waals surface area contributed by atoms with Gasteiger partial charge in [-0.25, -0.2) is 17.6 Å². The van der Waals surface area contributed by atoms with Crippen molar-refractivity contribution < 1.29 is 22.5 Å². The average molecular weight is 201 g/mol. The SMILES string of the molecule is O=[N+]([O-])C1C(F)CC(F)C(F)C1F. The first kappa shape index (κ1) is 10.2. The van der Waals surface area contributed by atoms with Crippen LogP contribution in [0.25, 0.3) is 0 Å². The van der Waals surface area contributed by atoms with Gasteiger partial charge in [0.05, 0.1) is 0 Å². The van der Waals surface area contributed by atoms with Crippen molar-refractivity contribution in [3.63, 3.8) is 0 Å². The molecule has 0 N–H and O–H groups in total. The van der Waals surface area contributed by atoms with Gasteiger partial charge in [0, 0.05) is 11.3 Å². The van der Waals surface area contributed by atoms with Crippen molar-refractivity contribution in [2.75, 3.05) is 0 Å². The number of nitro groups is 1. The Kier molecular flexibility index (Phi) is 2.72. The van der Waals surface area contributed by atoms with Crippen LogP contribution in [0.1, 0.15) is 6.42 Å². The largest absolute Gasteiger partial charge is 0.277 e. The first-order valence-corrected chi connectivity index (χ1v) is 3.65. The van der Waals surface area contributed by atoms with Gasteiger partial charge in [-0.2, -0.15) is 0 Å². The van der Waals surface area contributed by atoms with E-state index >= 15 is 0 Å². The fourth-order valence-corrected chi connectivity index (χ4v) is 1.32. The van der Waals surface area contributed by atoms with Gasteiger partial charge in [-0.3, -0.25) is 10.1 Å². The molecule has 5 atom stereocenters. The lowest BCUT2D eigenvalue weighted by Gasteiger charge is -2.28. The van der Waals surface area contributed by atoms with Gasteiger partial charge in [-0.1, -0.05) is 0 Å². The first-order chi connectivity index (χ1) is 5.95. The molecule has 76 valence electrons. The third-order valence-corrected chi connectivity index (χ3v) is 2.04. The topological polar surface area (TPSA) is 43.1 Å². The summed E-state index contributed by atoms with van der Waals surface area (Å²) in [6, 6.07) is -2.28. The summed E-state index contributed by atoms with van der Waals surface area (Å²) in [6.45, 7) is 0. The molecule has 0 aromatic carbocycles. The Balaban J connectivity index is 2.79. The lowest BCUT2D eigenvalue weighted by atomic mass is 9.89. The van der Waals surface area contributed by atoms with Gasteiger partial charge >= 0.3 is 0 Å². The molecule has 13 heavy (non-hydrogen) atoms. The van der Waals surface area contributed by atoms with Crippen LogP contribution in [0.3, 0.4) is 0 Å². The van der Waals surface area contributed by atoms with Gasteiger partial charge < -0.3 is 0 Å². The van der Waals surface area contributed by atoms with Crippen LogP contribution in [-0.4, -0.2) is 35.7 Å². The summed E-state index contributed by atoms with van der Waals surface area (Å²) in [5.74, 6) is 0. The van der Waals surface area contributed by atoms with E-state index in [1.165, 1.54) is 0 Å². The number of nitrogens with zero attached hydrogens (tertiary/aromatic N) is 1. The predicted octanol–water partition coefficient (Wildman–Crippen LogP) is 1.39. The van der Waals surface area contributed by atoms with Gasteiger partial charge in [0.25, 0.3) is 6.04 Å². The molecule has 0 heterocycles. The van der Waals surface area contributed by atoms with Crippen molar-refractivity contribution in [2.24, 2.45) is 0 Å². The van der Waals surface area contributed by atoms with Crippen molar-refractivity contribution in [2.45, 2.75) is 37.1 Å². The maximum Gasteiger partial charge on any atom is 0.277 e. The Labute approximate surface area is 70.9 Å². The van der Waals surface area contributed by atoms with Crippen LogP contribution in [0.15, 0.2) is 0 Å². The monoisotopic (exact) mass is 201 g/mol. The Hall–Kier alpha value is -0.880. The van der Waals surface area contributed by atoms with Crippen molar-refractivity contribution in [3.05, 3.63) is 10.1 Å². The molecule has 0 aromatic rings. The second kappa shape index (κ2) is 3.47. The zero-order chi connectivity index (χ0) is 10.2. The van der Waals surface area contributed by atoms with E-state index in [-0.39, 0.29) is 0 Å². The van der Waals surface area contributed by atoms with E-state index in [1.807, 2.05) is 0 Å². The van der Waals surface area contributed by atoms with E-state index in [1.54, 1.807) is 0 Å². The minimum Gasteiger partial charge on any atom is -0.264 e. The zero-order valence-electron chi connectivity index (χ0n) is 6.37. The molecule has 5 unspecified atom stereocenters. The third-order valence-electron chi connectivity index (χ3n) is 2.04. The van der Waals surface area contributed by atoms with Crippen LogP contribution in [0, 0.1) is 10.1 Å². The average Bonchev–Trinajstić information content (AvgIpc) is 1.99. The molecular weight excluding hydrogens is 194 g/mol. The Bertz CT molecular complexity index is 215. The molecule has 1 rings (SSSR count). The summed E-state index contributed by atoms with van der Waals surface area (Å²) in [6.07, 6.45) is -10.8. The number of hydrogen-bond acceptors (Lipinski definition) is 2. The number of rotatable bonds is 1. The Morgan fingerprint density at radius 3 is 2.08 bits per heavy atom. The maximum atomic E-state index is 12.7. The van der Waals surface area contributed by atoms with Crippen LogP contribution in [0.2, 0.25) is 0 Å². The molecule has 1 saturated carbocycles. The summed E-state index contributed by atoms with van der Waals surface area (Å²) in [5, 5.41) is 10.1. The zero-order valence-corrected chi connectivity index (χ0v) is 6.37. The molecule has 0 bridgehead atoms. The molecule has 0 aliphatic heterocycles. The van der Waals surface area contributed by atoms with Crippen molar-refractivity contribution in [3.8, 4) is 0 Å². The van der Waals surface area contributed by atoms with Gasteiger partial charge in [0.2, 0.25) is 6.17 Å². The van der Waals surface area contributed by atoms with Crippen molar-refractivity contribution in [1.29, 1.82) is 0 Å². The van der Waals surface area contributed by atoms with Crippen LogP contribution >= 0.6 is 0 Å². The van der Waals surface area contributed by atoms with E-state index in [4.69, 9.17) is 0 Å².